The fraction of sp³-hybridized carbons (Fsp3) is 0.136. The maximum Gasteiger partial charge on any atom is 0.389 e. The fourth-order valence-corrected chi connectivity index (χ4v) is 3.72. The third-order valence-electron chi connectivity index (χ3n) is 4.90. The van der Waals surface area contributed by atoms with Crippen LogP contribution in [0.5, 0.6) is 5.75 Å². The van der Waals surface area contributed by atoms with Crippen LogP contribution < -0.4 is 15.0 Å². The van der Waals surface area contributed by atoms with Crippen molar-refractivity contribution in [3.63, 3.8) is 0 Å². The van der Waals surface area contributed by atoms with Gasteiger partial charge < -0.3 is 20.2 Å². The van der Waals surface area contributed by atoms with Crippen molar-refractivity contribution in [1.82, 2.24) is 15.1 Å². The molecule has 2 heterocycles. The highest BCUT2D eigenvalue weighted by Gasteiger charge is 2.32. The molecule has 1 aliphatic heterocycles. The van der Waals surface area contributed by atoms with E-state index in [2.05, 4.69) is 10.4 Å². The molecule has 0 radical (unpaired) electrons. The minimum atomic E-state index is -0.547. The molecule has 1 aromatic heterocycles. The molecule has 0 saturated carbocycles. The molecular formula is C22H19N5O4S. The molecule has 10 heteroatoms. The lowest BCUT2D eigenvalue weighted by Gasteiger charge is -2.14. The molecule has 1 amide bonds. The van der Waals surface area contributed by atoms with Crippen LogP contribution >= 0.6 is 12.2 Å². The first-order chi connectivity index (χ1) is 15.4. The van der Waals surface area contributed by atoms with Gasteiger partial charge in [-0.05, 0) is 65.5 Å². The molecule has 1 N–H and O–H groups in total. The summed E-state index contributed by atoms with van der Waals surface area (Å²) in [6.07, 6.45) is 3.24. The normalized spacial score (nSPS) is 14.7. The highest BCUT2D eigenvalue weighted by Crippen LogP contribution is 2.26. The van der Waals surface area contributed by atoms with Gasteiger partial charge in [-0.15, -0.1) is 0 Å². The summed E-state index contributed by atoms with van der Waals surface area (Å²) < 4.78 is 6.87. The lowest BCUT2D eigenvalue weighted by molar-refractivity contribution is -0.389. The van der Waals surface area contributed by atoms with E-state index in [0.29, 0.717) is 22.2 Å². The number of hydrogen-bond acceptors (Lipinski definition) is 6. The van der Waals surface area contributed by atoms with Crippen LogP contribution in [0.3, 0.4) is 0 Å². The molecule has 4 rings (SSSR count). The Kier molecular flexibility index (Phi) is 5.69. The van der Waals surface area contributed by atoms with Gasteiger partial charge in [-0.3, -0.25) is 9.69 Å². The quantitative estimate of drug-likeness (QED) is 0.266. The van der Waals surface area contributed by atoms with Crippen LogP contribution in [0.1, 0.15) is 16.7 Å². The number of hydrogen-bond donors (Lipinski definition) is 1. The molecule has 9 nitrogen and oxygen atoms in total. The number of ether oxygens (including phenoxy) is 1. The molecular weight excluding hydrogens is 430 g/mol. The van der Waals surface area contributed by atoms with Crippen molar-refractivity contribution in [3.05, 3.63) is 87.2 Å². The third kappa shape index (κ3) is 4.21. The summed E-state index contributed by atoms with van der Waals surface area (Å²) in [6, 6.07) is 14.3. The molecule has 0 aliphatic carbocycles. The van der Waals surface area contributed by atoms with Crippen molar-refractivity contribution in [2.45, 2.75) is 13.5 Å². The van der Waals surface area contributed by atoms with E-state index in [9.17, 15) is 14.9 Å². The maximum absolute atomic E-state index is 13.0. The average molecular weight is 449 g/mol. The first-order valence-corrected chi connectivity index (χ1v) is 10.0. The number of carbonyl (C=O) groups excluding carboxylic acids is 1. The molecule has 32 heavy (non-hydrogen) atoms. The zero-order valence-corrected chi connectivity index (χ0v) is 18.1. The van der Waals surface area contributed by atoms with E-state index in [1.54, 1.807) is 19.3 Å². The number of nitrogens with one attached hydrogen (secondary N) is 1. The monoisotopic (exact) mass is 449 g/mol. The Labute approximate surface area is 189 Å². The zero-order valence-electron chi connectivity index (χ0n) is 17.3. The van der Waals surface area contributed by atoms with Gasteiger partial charge in [-0.25, -0.2) is 0 Å². The first kappa shape index (κ1) is 21.2. The van der Waals surface area contributed by atoms with Crippen LogP contribution in [0.4, 0.5) is 11.5 Å². The van der Waals surface area contributed by atoms with Gasteiger partial charge in [0.25, 0.3) is 5.91 Å². The van der Waals surface area contributed by atoms with E-state index >= 15 is 0 Å². The van der Waals surface area contributed by atoms with Crippen molar-refractivity contribution in [2.75, 3.05) is 12.0 Å². The summed E-state index contributed by atoms with van der Waals surface area (Å²) in [5.74, 6) is 0.126. The van der Waals surface area contributed by atoms with E-state index in [0.717, 1.165) is 16.7 Å². The summed E-state index contributed by atoms with van der Waals surface area (Å²) >= 11 is 5.38. The van der Waals surface area contributed by atoms with Crippen LogP contribution in [0.25, 0.3) is 6.08 Å². The van der Waals surface area contributed by atoms with Crippen LogP contribution in [0.2, 0.25) is 0 Å². The molecule has 162 valence electrons. The van der Waals surface area contributed by atoms with Crippen molar-refractivity contribution < 1.29 is 14.5 Å². The molecule has 1 saturated heterocycles. The van der Waals surface area contributed by atoms with Crippen molar-refractivity contribution in [3.8, 4) is 5.75 Å². The Balaban J connectivity index is 1.62. The van der Waals surface area contributed by atoms with E-state index in [1.165, 1.54) is 21.8 Å². The number of nitrogens with zero attached hydrogens (tertiary/aromatic N) is 4. The number of anilines is 1. The second-order valence-corrected chi connectivity index (χ2v) is 7.55. The van der Waals surface area contributed by atoms with Gasteiger partial charge in [0.15, 0.2) is 5.11 Å². The van der Waals surface area contributed by atoms with Crippen molar-refractivity contribution in [1.29, 1.82) is 0 Å². The number of rotatable bonds is 6. The van der Waals surface area contributed by atoms with Crippen LogP contribution in [-0.4, -0.2) is 32.8 Å². The number of benzene rings is 2. The number of methoxy groups -OCH3 is 1. The van der Waals surface area contributed by atoms with E-state index in [-0.39, 0.29) is 18.3 Å². The highest BCUT2D eigenvalue weighted by atomic mass is 32.1. The summed E-state index contributed by atoms with van der Waals surface area (Å²) in [5, 5.41) is 18.1. The smallest absolute Gasteiger partial charge is 0.389 e. The zero-order chi connectivity index (χ0) is 22.8. The third-order valence-corrected chi connectivity index (χ3v) is 5.18. The topological polar surface area (TPSA) is 103 Å². The molecule has 1 aliphatic rings. The maximum atomic E-state index is 13.0. The summed E-state index contributed by atoms with van der Waals surface area (Å²) in [5.41, 5.74) is 3.57. The molecule has 3 aromatic rings. The minimum absolute atomic E-state index is 0.229. The molecule has 1 fully saturated rings. The SMILES string of the molecule is COc1ccc(/C=C2/NC(=S)N(c3cccc(C)c3)C2=O)cc1Cn1ccc([N+](=O)[O-])n1. The van der Waals surface area contributed by atoms with Gasteiger partial charge in [0, 0.05) is 5.56 Å². The number of aryl methyl sites for hydroxylation is 1. The number of thiocarbonyl (C=S) groups is 1. The Bertz CT molecular complexity index is 1270. The largest absolute Gasteiger partial charge is 0.496 e. The first-order valence-electron chi connectivity index (χ1n) is 9.64. The van der Waals surface area contributed by atoms with Crippen molar-refractivity contribution >= 4 is 40.8 Å². The van der Waals surface area contributed by atoms with Gasteiger partial charge in [0.1, 0.15) is 11.4 Å². The van der Waals surface area contributed by atoms with Gasteiger partial charge in [0.2, 0.25) is 0 Å². The van der Waals surface area contributed by atoms with Crippen LogP contribution in [0, 0.1) is 17.0 Å². The number of amides is 1. The lowest BCUT2D eigenvalue weighted by atomic mass is 10.1. The second kappa shape index (κ2) is 8.60. The van der Waals surface area contributed by atoms with E-state index < -0.39 is 4.92 Å². The number of nitro groups is 1. The molecule has 2 aromatic carbocycles. The van der Waals surface area contributed by atoms with Gasteiger partial charge >= 0.3 is 5.82 Å². The minimum Gasteiger partial charge on any atom is -0.496 e. The Morgan fingerprint density at radius 1 is 1.25 bits per heavy atom. The fourth-order valence-electron chi connectivity index (χ4n) is 3.43. The van der Waals surface area contributed by atoms with Crippen molar-refractivity contribution in [2.24, 2.45) is 0 Å². The number of aromatic nitrogens is 2. The summed E-state index contributed by atoms with van der Waals surface area (Å²) in [6.45, 7) is 2.22. The summed E-state index contributed by atoms with van der Waals surface area (Å²) in [4.78, 5) is 24.8. The number of carbonyl (C=O) groups is 1. The Morgan fingerprint density at radius 2 is 2.06 bits per heavy atom. The second-order valence-electron chi connectivity index (χ2n) is 7.17. The molecule has 0 unspecified atom stereocenters. The molecule has 0 atom stereocenters. The van der Waals surface area contributed by atoms with E-state index in [1.807, 2.05) is 43.3 Å². The summed E-state index contributed by atoms with van der Waals surface area (Å²) in [7, 11) is 1.54. The Hall–Kier alpha value is -4.05. The van der Waals surface area contributed by atoms with E-state index in [4.69, 9.17) is 17.0 Å². The van der Waals surface area contributed by atoms with Crippen LogP contribution in [-0.2, 0) is 11.3 Å². The molecule has 0 bridgehead atoms. The van der Waals surface area contributed by atoms with Crippen LogP contribution in [0.15, 0.2) is 60.4 Å². The predicted molar refractivity (Wildman–Crippen MR) is 123 cm³/mol. The lowest BCUT2D eigenvalue weighted by Crippen LogP contribution is -2.30. The van der Waals surface area contributed by atoms with Gasteiger partial charge in [-0.2, -0.15) is 4.68 Å². The molecule has 0 spiro atoms. The predicted octanol–water partition coefficient (Wildman–Crippen LogP) is 3.42. The van der Waals surface area contributed by atoms with Gasteiger partial charge in [-0.1, -0.05) is 18.2 Å². The highest BCUT2D eigenvalue weighted by molar-refractivity contribution is 7.80. The average Bonchev–Trinajstić information content (AvgIpc) is 3.33. The van der Waals surface area contributed by atoms with Gasteiger partial charge in [0.05, 0.1) is 36.7 Å². The standard InChI is InChI=1S/C22H19N5O4S/c1-14-4-3-5-17(10-14)26-21(28)18(23-22(26)32)12-15-6-7-19(31-2)16(11-15)13-25-9-8-20(24-25)27(29)30/h3-12H,13H2,1-2H3,(H,23,32)/b18-12+. The Morgan fingerprint density at radius 3 is 2.75 bits per heavy atom.